The van der Waals surface area contributed by atoms with Gasteiger partial charge in [0.25, 0.3) is 0 Å². The molecule has 1 aromatic heterocycles. The first-order chi connectivity index (χ1) is 7.45. The summed E-state index contributed by atoms with van der Waals surface area (Å²) in [5.74, 6) is 0.689. The van der Waals surface area contributed by atoms with Gasteiger partial charge in [0.1, 0.15) is 24.1 Å². The Morgan fingerprint density at radius 3 is 2.56 bits per heavy atom. The van der Waals surface area contributed by atoms with Crippen LogP contribution in [-0.4, -0.2) is 36.1 Å². The Labute approximate surface area is 96.5 Å². The zero-order chi connectivity index (χ0) is 12.2. The topological polar surface area (TPSA) is 49.1 Å². The van der Waals surface area contributed by atoms with Gasteiger partial charge >= 0.3 is 0 Å². The molecular weight excluding hydrogens is 202 g/mol. The van der Waals surface area contributed by atoms with Crippen molar-refractivity contribution in [1.29, 1.82) is 5.26 Å². The Kier molecular flexibility index (Phi) is 3.86. The lowest BCUT2D eigenvalue weighted by Gasteiger charge is -2.32. The highest BCUT2D eigenvalue weighted by molar-refractivity contribution is 5.26. The van der Waals surface area contributed by atoms with Gasteiger partial charge in [-0.25, -0.2) is 4.98 Å². The summed E-state index contributed by atoms with van der Waals surface area (Å²) < 4.78 is 5.62. The lowest BCUT2D eigenvalue weighted by Crippen LogP contribution is -2.43. The summed E-state index contributed by atoms with van der Waals surface area (Å²) in [6.45, 7) is 4.78. The van der Waals surface area contributed by atoms with Gasteiger partial charge in [0.15, 0.2) is 0 Å². The molecule has 1 heterocycles. The molecule has 0 spiro atoms. The molecule has 0 saturated heterocycles. The maximum absolute atomic E-state index is 8.60. The fourth-order valence-corrected chi connectivity index (χ4v) is 0.921. The predicted octanol–water partition coefficient (Wildman–Crippen LogP) is 1.67. The quantitative estimate of drug-likeness (QED) is 0.773. The van der Waals surface area contributed by atoms with Crippen molar-refractivity contribution in [3.05, 3.63) is 24.0 Å². The highest BCUT2D eigenvalue weighted by atomic mass is 16.5. The molecule has 0 aliphatic carbocycles. The van der Waals surface area contributed by atoms with Gasteiger partial charge in [0, 0.05) is 5.54 Å². The van der Waals surface area contributed by atoms with Gasteiger partial charge in [0.05, 0.1) is 6.20 Å². The molecule has 0 amide bonds. The fourth-order valence-electron chi connectivity index (χ4n) is 0.921. The van der Waals surface area contributed by atoms with Crippen molar-refractivity contribution in [3.63, 3.8) is 0 Å². The van der Waals surface area contributed by atoms with Crippen LogP contribution in [-0.2, 0) is 0 Å². The number of nitriles is 1. The molecule has 0 N–H and O–H groups in total. The molecule has 0 fully saturated rings. The number of pyridine rings is 1. The van der Waals surface area contributed by atoms with Crippen LogP contribution in [0.15, 0.2) is 18.3 Å². The summed E-state index contributed by atoms with van der Waals surface area (Å²) in [5, 5.41) is 8.60. The average molecular weight is 219 g/mol. The number of rotatable bonds is 4. The van der Waals surface area contributed by atoms with Crippen LogP contribution in [0.2, 0.25) is 0 Å². The molecule has 0 radical (unpaired) electrons. The van der Waals surface area contributed by atoms with Crippen molar-refractivity contribution >= 4 is 0 Å². The van der Waals surface area contributed by atoms with Crippen LogP contribution in [0.25, 0.3) is 0 Å². The first-order valence-electron chi connectivity index (χ1n) is 5.12. The lowest BCUT2D eigenvalue weighted by molar-refractivity contribution is 0.114. The molecule has 4 nitrogen and oxygen atoms in total. The van der Waals surface area contributed by atoms with E-state index >= 15 is 0 Å². The number of ether oxygens (including phenoxy) is 1. The molecule has 0 unspecified atom stereocenters. The van der Waals surface area contributed by atoms with Gasteiger partial charge in [-0.05, 0) is 40.1 Å². The Morgan fingerprint density at radius 2 is 2.12 bits per heavy atom. The maximum Gasteiger partial charge on any atom is 0.140 e. The molecule has 0 aliphatic heterocycles. The maximum atomic E-state index is 8.60. The second kappa shape index (κ2) is 4.95. The van der Waals surface area contributed by atoms with Gasteiger partial charge in [0.2, 0.25) is 0 Å². The van der Waals surface area contributed by atoms with Crippen LogP contribution in [0, 0.1) is 11.3 Å². The van der Waals surface area contributed by atoms with E-state index in [0.29, 0.717) is 18.1 Å². The summed E-state index contributed by atoms with van der Waals surface area (Å²) in [6.07, 6.45) is 1.57. The standard InChI is InChI=1S/C12H17N3O/c1-12(2,15(3)4)9-16-11-6-5-10(7-13)14-8-11/h5-6,8H,9H2,1-4H3. The third-order valence-electron chi connectivity index (χ3n) is 2.65. The van der Waals surface area contributed by atoms with E-state index in [1.807, 2.05) is 20.2 Å². The van der Waals surface area contributed by atoms with E-state index in [1.54, 1.807) is 18.3 Å². The average Bonchev–Trinajstić information content (AvgIpc) is 2.27. The van der Waals surface area contributed by atoms with Crippen molar-refractivity contribution in [2.24, 2.45) is 0 Å². The van der Waals surface area contributed by atoms with Crippen LogP contribution < -0.4 is 4.74 Å². The van der Waals surface area contributed by atoms with Crippen molar-refractivity contribution in [3.8, 4) is 11.8 Å². The first kappa shape index (κ1) is 12.5. The minimum atomic E-state index is -0.0338. The lowest BCUT2D eigenvalue weighted by atomic mass is 10.1. The Bertz CT molecular complexity index is 376. The number of likely N-dealkylation sites (N-methyl/N-ethyl adjacent to an activating group) is 1. The Balaban J connectivity index is 2.59. The van der Waals surface area contributed by atoms with Crippen LogP contribution >= 0.6 is 0 Å². The smallest absolute Gasteiger partial charge is 0.140 e. The number of aromatic nitrogens is 1. The summed E-state index contributed by atoms with van der Waals surface area (Å²) >= 11 is 0. The summed E-state index contributed by atoms with van der Waals surface area (Å²) in [4.78, 5) is 6.04. The molecule has 4 heteroatoms. The van der Waals surface area contributed by atoms with Crippen molar-refractivity contribution in [2.75, 3.05) is 20.7 Å². The Hall–Kier alpha value is -1.60. The second-order valence-corrected chi connectivity index (χ2v) is 4.49. The Morgan fingerprint density at radius 1 is 1.44 bits per heavy atom. The third-order valence-corrected chi connectivity index (χ3v) is 2.65. The van der Waals surface area contributed by atoms with Crippen LogP contribution in [0.1, 0.15) is 19.5 Å². The molecule has 0 aromatic carbocycles. The number of nitrogens with zero attached hydrogens (tertiary/aromatic N) is 3. The molecule has 1 aromatic rings. The SMILES string of the molecule is CN(C)C(C)(C)COc1ccc(C#N)nc1. The minimum absolute atomic E-state index is 0.0338. The normalized spacial score (nSPS) is 11.2. The van der Waals surface area contributed by atoms with E-state index in [-0.39, 0.29) is 5.54 Å². The third kappa shape index (κ3) is 3.21. The molecule has 16 heavy (non-hydrogen) atoms. The van der Waals surface area contributed by atoms with Gasteiger partial charge in [-0.3, -0.25) is 0 Å². The van der Waals surface area contributed by atoms with Crippen molar-refractivity contribution in [2.45, 2.75) is 19.4 Å². The highest BCUT2D eigenvalue weighted by Crippen LogP contribution is 2.14. The van der Waals surface area contributed by atoms with Gasteiger partial charge < -0.3 is 9.64 Å². The number of hydrogen-bond donors (Lipinski definition) is 0. The van der Waals surface area contributed by atoms with Crippen LogP contribution in [0.3, 0.4) is 0 Å². The van der Waals surface area contributed by atoms with E-state index in [9.17, 15) is 0 Å². The first-order valence-corrected chi connectivity index (χ1v) is 5.12. The fraction of sp³-hybridized carbons (Fsp3) is 0.500. The molecule has 0 bridgehead atoms. The van der Waals surface area contributed by atoms with E-state index in [4.69, 9.17) is 10.00 Å². The van der Waals surface area contributed by atoms with Crippen LogP contribution in [0.5, 0.6) is 5.75 Å². The highest BCUT2D eigenvalue weighted by Gasteiger charge is 2.21. The van der Waals surface area contributed by atoms with E-state index < -0.39 is 0 Å². The molecule has 0 atom stereocenters. The van der Waals surface area contributed by atoms with E-state index in [2.05, 4.69) is 23.7 Å². The summed E-state index contributed by atoms with van der Waals surface area (Å²) in [5.41, 5.74) is 0.368. The monoisotopic (exact) mass is 219 g/mol. The predicted molar refractivity (Wildman–Crippen MR) is 62.2 cm³/mol. The zero-order valence-electron chi connectivity index (χ0n) is 10.2. The van der Waals surface area contributed by atoms with Crippen LogP contribution in [0.4, 0.5) is 0 Å². The van der Waals surface area contributed by atoms with Crippen molar-refractivity contribution < 1.29 is 4.74 Å². The summed E-state index contributed by atoms with van der Waals surface area (Å²) in [7, 11) is 4.03. The summed E-state index contributed by atoms with van der Waals surface area (Å²) in [6, 6.07) is 5.38. The molecule has 86 valence electrons. The minimum Gasteiger partial charge on any atom is -0.490 e. The molecule has 0 aliphatic rings. The van der Waals surface area contributed by atoms with Gasteiger partial charge in [-0.2, -0.15) is 5.26 Å². The largest absolute Gasteiger partial charge is 0.490 e. The molecule has 0 saturated carbocycles. The van der Waals surface area contributed by atoms with Crippen molar-refractivity contribution in [1.82, 2.24) is 9.88 Å². The molecular formula is C12H17N3O. The van der Waals surface area contributed by atoms with E-state index in [1.165, 1.54) is 0 Å². The number of hydrogen-bond acceptors (Lipinski definition) is 4. The van der Waals surface area contributed by atoms with E-state index in [0.717, 1.165) is 0 Å². The second-order valence-electron chi connectivity index (χ2n) is 4.49. The molecule has 1 rings (SSSR count). The van der Waals surface area contributed by atoms with Gasteiger partial charge in [-0.15, -0.1) is 0 Å². The zero-order valence-corrected chi connectivity index (χ0v) is 10.2. The van der Waals surface area contributed by atoms with Gasteiger partial charge in [-0.1, -0.05) is 0 Å².